The molecule has 1 saturated heterocycles. The van der Waals surface area contributed by atoms with E-state index in [1.54, 1.807) is 0 Å². The second kappa shape index (κ2) is 6.35. The number of nitrogens with two attached hydrogens (primary N) is 1. The van der Waals surface area contributed by atoms with Gasteiger partial charge < -0.3 is 5.73 Å². The van der Waals surface area contributed by atoms with Crippen LogP contribution in [0.1, 0.15) is 49.8 Å². The molecule has 1 aliphatic heterocycles. The summed E-state index contributed by atoms with van der Waals surface area (Å²) in [6, 6.07) is 9.35. The molecule has 100 valence electrons. The molecule has 0 spiro atoms. The number of aryl methyl sites for hydroxylation is 1. The predicted octanol–water partition coefficient (Wildman–Crippen LogP) is 3.26. The molecule has 2 unspecified atom stereocenters. The smallest absolute Gasteiger partial charge is 0.0501 e. The molecule has 0 aliphatic carbocycles. The van der Waals surface area contributed by atoms with Crippen molar-refractivity contribution in [1.29, 1.82) is 0 Å². The van der Waals surface area contributed by atoms with Crippen LogP contribution in [0.25, 0.3) is 0 Å². The summed E-state index contributed by atoms with van der Waals surface area (Å²) >= 11 is 0. The molecule has 1 heterocycles. The fourth-order valence-electron chi connectivity index (χ4n) is 3.04. The van der Waals surface area contributed by atoms with Gasteiger partial charge in [-0.1, -0.05) is 37.6 Å². The quantitative estimate of drug-likeness (QED) is 0.883. The van der Waals surface area contributed by atoms with Gasteiger partial charge in [-0.3, -0.25) is 4.90 Å². The Balaban J connectivity index is 2.27. The summed E-state index contributed by atoms with van der Waals surface area (Å²) in [5.41, 5.74) is 9.20. The van der Waals surface area contributed by atoms with Gasteiger partial charge >= 0.3 is 0 Å². The fourth-order valence-corrected chi connectivity index (χ4v) is 3.04. The van der Waals surface area contributed by atoms with E-state index in [2.05, 4.69) is 43.0 Å². The van der Waals surface area contributed by atoms with Gasteiger partial charge in [0.25, 0.3) is 0 Å². The molecule has 2 nitrogen and oxygen atoms in total. The molecular formula is C16H26N2. The fraction of sp³-hybridized carbons (Fsp3) is 0.625. The Kier molecular flexibility index (Phi) is 4.79. The normalized spacial score (nSPS) is 20.6. The van der Waals surface area contributed by atoms with Crippen LogP contribution in [-0.2, 0) is 0 Å². The monoisotopic (exact) mass is 246 g/mol. The highest BCUT2D eigenvalue weighted by Crippen LogP contribution is 2.30. The minimum absolute atomic E-state index is 0.240. The van der Waals surface area contributed by atoms with Gasteiger partial charge in [0.15, 0.2) is 0 Å². The van der Waals surface area contributed by atoms with Crippen LogP contribution in [0.4, 0.5) is 0 Å². The molecule has 1 fully saturated rings. The van der Waals surface area contributed by atoms with Crippen molar-refractivity contribution in [2.24, 2.45) is 5.73 Å². The summed E-state index contributed by atoms with van der Waals surface area (Å²) in [6.45, 7) is 6.80. The first kappa shape index (κ1) is 13.6. The first-order valence-electron chi connectivity index (χ1n) is 7.29. The Bertz CT molecular complexity index is 369. The highest BCUT2D eigenvalue weighted by molar-refractivity contribution is 5.30. The van der Waals surface area contributed by atoms with E-state index in [0.717, 1.165) is 6.42 Å². The zero-order valence-corrected chi connectivity index (χ0v) is 11.7. The van der Waals surface area contributed by atoms with E-state index in [1.807, 2.05) is 0 Å². The first-order chi connectivity index (χ1) is 8.74. The molecule has 0 saturated carbocycles. The topological polar surface area (TPSA) is 29.3 Å². The van der Waals surface area contributed by atoms with E-state index in [-0.39, 0.29) is 6.04 Å². The number of rotatable bonds is 4. The third-order valence-electron chi connectivity index (χ3n) is 4.17. The van der Waals surface area contributed by atoms with Gasteiger partial charge in [0, 0.05) is 6.04 Å². The van der Waals surface area contributed by atoms with Gasteiger partial charge in [0.05, 0.1) is 6.04 Å². The molecule has 2 rings (SSSR count). The van der Waals surface area contributed by atoms with Gasteiger partial charge in [-0.15, -0.1) is 0 Å². The van der Waals surface area contributed by atoms with Crippen LogP contribution in [0.3, 0.4) is 0 Å². The average molecular weight is 246 g/mol. The second-order valence-corrected chi connectivity index (χ2v) is 5.47. The zero-order chi connectivity index (χ0) is 13.0. The maximum Gasteiger partial charge on any atom is 0.0501 e. The van der Waals surface area contributed by atoms with Crippen LogP contribution < -0.4 is 5.73 Å². The van der Waals surface area contributed by atoms with Crippen LogP contribution in [0.15, 0.2) is 24.3 Å². The lowest BCUT2D eigenvalue weighted by atomic mass is 9.91. The van der Waals surface area contributed by atoms with Gasteiger partial charge in [-0.25, -0.2) is 0 Å². The lowest BCUT2D eigenvalue weighted by molar-refractivity contribution is 0.140. The third-order valence-corrected chi connectivity index (χ3v) is 4.17. The molecule has 18 heavy (non-hydrogen) atoms. The number of benzene rings is 1. The predicted molar refractivity (Wildman–Crippen MR) is 77.6 cm³/mol. The first-order valence-corrected chi connectivity index (χ1v) is 7.29. The van der Waals surface area contributed by atoms with E-state index in [1.165, 1.54) is 43.5 Å². The van der Waals surface area contributed by atoms with Crippen LogP contribution in [0.2, 0.25) is 0 Å². The minimum Gasteiger partial charge on any atom is -0.326 e. The Labute approximate surface area is 111 Å². The second-order valence-electron chi connectivity index (χ2n) is 5.47. The number of piperidine rings is 1. The molecule has 0 aromatic heterocycles. The number of likely N-dealkylation sites (tertiary alicyclic amines) is 1. The van der Waals surface area contributed by atoms with Gasteiger partial charge in [-0.2, -0.15) is 0 Å². The van der Waals surface area contributed by atoms with Crippen molar-refractivity contribution in [2.75, 3.05) is 13.1 Å². The number of hydrogen-bond donors (Lipinski definition) is 1. The van der Waals surface area contributed by atoms with E-state index in [9.17, 15) is 0 Å². The molecule has 2 heteroatoms. The lowest BCUT2D eigenvalue weighted by Crippen LogP contribution is -2.43. The van der Waals surface area contributed by atoms with E-state index in [0.29, 0.717) is 6.04 Å². The summed E-state index contributed by atoms with van der Waals surface area (Å²) in [5.74, 6) is 0. The summed E-state index contributed by atoms with van der Waals surface area (Å²) in [7, 11) is 0. The molecule has 1 aliphatic rings. The molecule has 0 bridgehead atoms. The summed E-state index contributed by atoms with van der Waals surface area (Å²) < 4.78 is 0. The highest BCUT2D eigenvalue weighted by Gasteiger charge is 2.27. The average Bonchev–Trinajstić information content (AvgIpc) is 2.42. The van der Waals surface area contributed by atoms with E-state index < -0.39 is 0 Å². The van der Waals surface area contributed by atoms with Crippen LogP contribution in [0, 0.1) is 6.92 Å². The van der Waals surface area contributed by atoms with Crippen molar-refractivity contribution in [3.05, 3.63) is 35.4 Å². The lowest BCUT2D eigenvalue weighted by Gasteiger charge is -2.38. The minimum atomic E-state index is 0.240. The molecule has 0 radical (unpaired) electrons. The molecule has 2 atom stereocenters. The molecule has 1 aromatic carbocycles. The largest absolute Gasteiger partial charge is 0.326 e. The molecule has 1 aromatic rings. The molecule has 2 N–H and O–H groups in total. The molecule has 0 amide bonds. The van der Waals surface area contributed by atoms with Crippen molar-refractivity contribution in [1.82, 2.24) is 4.90 Å². The summed E-state index contributed by atoms with van der Waals surface area (Å²) in [4.78, 5) is 2.60. The zero-order valence-electron chi connectivity index (χ0n) is 11.7. The Hall–Kier alpha value is -0.860. The SMILES string of the molecule is CCC(N)C(c1ccccc1C)N1CCCCC1. The van der Waals surface area contributed by atoms with Crippen LogP contribution >= 0.6 is 0 Å². The van der Waals surface area contributed by atoms with E-state index >= 15 is 0 Å². The summed E-state index contributed by atoms with van der Waals surface area (Å²) in [5, 5.41) is 0. The highest BCUT2D eigenvalue weighted by atomic mass is 15.2. The Morgan fingerprint density at radius 3 is 2.44 bits per heavy atom. The van der Waals surface area contributed by atoms with Crippen LogP contribution in [-0.4, -0.2) is 24.0 Å². The van der Waals surface area contributed by atoms with Crippen molar-refractivity contribution < 1.29 is 0 Å². The summed E-state index contributed by atoms with van der Waals surface area (Å²) in [6.07, 6.45) is 5.05. The standard InChI is InChI=1S/C16H26N2/c1-3-15(17)16(18-11-7-4-8-12-18)14-10-6-5-9-13(14)2/h5-6,9-10,15-16H,3-4,7-8,11-12,17H2,1-2H3. The van der Waals surface area contributed by atoms with Gasteiger partial charge in [-0.05, 0) is 50.4 Å². The van der Waals surface area contributed by atoms with Crippen molar-refractivity contribution >= 4 is 0 Å². The van der Waals surface area contributed by atoms with Crippen molar-refractivity contribution in [3.63, 3.8) is 0 Å². The third kappa shape index (κ3) is 2.93. The Morgan fingerprint density at radius 2 is 1.83 bits per heavy atom. The number of hydrogen-bond acceptors (Lipinski definition) is 2. The van der Waals surface area contributed by atoms with Gasteiger partial charge in [0.2, 0.25) is 0 Å². The van der Waals surface area contributed by atoms with E-state index in [4.69, 9.17) is 5.73 Å². The molecular weight excluding hydrogens is 220 g/mol. The Morgan fingerprint density at radius 1 is 1.17 bits per heavy atom. The van der Waals surface area contributed by atoms with Crippen molar-refractivity contribution in [3.8, 4) is 0 Å². The number of nitrogens with zero attached hydrogens (tertiary/aromatic N) is 1. The van der Waals surface area contributed by atoms with Crippen molar-refractivity contribution in [2.45, 2.75) is 51.6 Å². The maximum absolute atomic E-state index is 6.41. The van der Waals surface area contributed by atoms with Crippen LogP contribution in [0.5, 0.6) is 0 Å². The maximum atomic E-state index is 6.41. The van der Waals surface area contributed by atoms with Gasteiger partial charge in [0.1, 0.15) is 0 Å².